The summed E-state index contributed by atoms with van der Waals surface area (Å²) in [6, 6.07) is 7.23. The monoisotopic (exact) mass is 241 g/mol. The maximum absolute atomic E-state index is 11.8. The number of rotatable bonds is 2. The minimum absolute atomic E-state index is 0.257. The molecular formula is C14H15N3O. The number of hydrogen-bond acceptors (Lipinski definition) is 2. The van der Waals surface area contributed by atoms with Crippen molar-refractivity contribution in [2.24, 2.45) is 11.0 Å². The van der Waals surface area contributed by atoms with Crippen LogP contribution >= 0.6 is 0 Å². The summed E-state index contributed by atoms with van der Waals surface area (Å²) in [6.45, 7) is 2.17. The highest BCUT2D eigenvalue weighted by molar-refractivity contribution is 6.00. The zero-order chi connectivity index (χ0) is 13.0. The van der Waals surface area contributed by atoms with Crippen LogP contribution in [0.15, 0.2) is 35.0 Å². The van der Waals surface area contributed by atoms with E-state index >= 15 is 0 Å². The molecule has 0 bridgehead atoms. The molecule has 92 valence electrons. The molecular weight excluding hydrogens is 226 g/mol. The third-order valence-corrected chi connectivity index (χ3v) is 3.18. The summed E-state index contributed by atoms with van der Waals surface area (Å²) in [5.41, 5.74) is 10.8. The molecule has 4 heteroatoms. The van der Waals surface area contributed by atoms with Gasteiger partial charge in [0.25, 0.3) is 0 Å². The molecule has 1 saturated carbocycles. The Morgan fingerprint density at radius 1 is 1.39 bits per heavy atom. The molecule has 0 radical (unpaired) electrons. The Morgan fingerprint density at radius 3 is 2.78 bits per heavy atom. The topological polar surface area (TPSA) is 65.8 Å². The molecule has 2 rings (SSSR count). The zero-order valence-electron chi connectivity index (χ0n) is 10.3. The lowest BCUT2D eigenvalue weighted by molar-refractivity contribution is -0.116. The second-order valence-corrected chi connectivity index (χ2v) is 4.72. The van der Waals surface area contributed by atoms with Gasteiger partial charge in [-0.3, -0.25) is 4.79 Å². The summed E-state index contributed by atoms with van der Waals surface area (Å²) < 4.78 is 0. The van der Waals surface area contributed by atoms with Crippen molar-refractivity contribution in [2.75, 3.05) is 0 Å². The first-order valence-corrected chi connectivity index (χ1v) is 6.08. The molecule has 0 amide bonds. The highest BCUT2D eigenvalue weighted by Crippen LogP contribution is 2.27. The van der Waals surface area contributed by atoms with Crippen LogP contribution in [-0.2, 0) is 4.79 Å². The number of benzene rings is 1. The van der Waals surface area contributed by atoms with Crippen molar-refractivity contribution in [3.8, 4) is 0 Å². The smallest absolute Gasteiger partial charge is 0.158 e. The van der Waals surface area contributed by atoms with E-state index in [1.165, 1.54) is 0 Å². The number of Topliss-reactive ketones (excluding diaryl/α,β-unsaturated/α-hetero) is 1. The van der Waals surface area contributed by atoms with Gasteiger partial charge >= 0.3 is 0 Å². The molecule has 0 saturated heterocycles. The van der Waals surface area contributed by atoms with Crippen LogP contribution in [0.25, 0.3) is 16.5 Å². The molecule has 0 aliphatic heterocycles. The summed E-state index contributed by atoms with van der Waals surface area (Å²) in [7, 11) is 0. The predicted octanol–water partition coefficient (Wildman–Crippen LogP) is 4.40. The lowest BCUT2D eigenvalue weighted by Gasteiger charge is -2.19. The number of carbonyl (C=O) groups excluding carboxylic acids is 1. The van der Waals surface area contributed by atoms with Gasteiger partial charge in [-0.15, -0.1) is 0 Å². The summed E-state index contributed by atoms with van der Waals surface area (Å²) in [6.07, 6.45) is 4.45. The van der Waals surface area contributed by atoms with Crippen LogP contribution in [0, 0.1) is 5.92 Å². The van der Waals surface area contributed by atoms with Gasteiger partial charge in [0.05, 0.1) is 0 Å². The van der Waals surface area contributed by atoms with Gasteiger partial charge in [-0.2, -0.15) is 0 Å². The molecule has 18 heavy (non-hydrogen) atoms. The van der Waals surface area contributed by atoms with E-state index in [4.69, 9.17) is 5.53 Å². The lowest BCUT2D eigenvalue weighted by atomic mass is 9.85. The van der Waals surface area contributed by atoms with Gasteiger partial charge < -0.3 is 0 Å². The Bertz CT molecular complexity index is 524. The van der Waals surface area contributed by atoms with E-state index in [1.54, 1.807) is 12.1 Å². The lowest BCUT2D eigenvalue weighted by Crippen LogP contribution is -2.14. The molecule has 1 aromatic carbocycles. The molecule has 1 atom stereocenters. The highest BCUT2D eigenvalue weighted by atomic mass is 16.1. The van der Waals surface area contributed by atoms with E-state index in [0.29, 0.717) is 18.0 Å². The second-order valence-electron chi connectivity index (χ2n) is 4.72. The van der Waals surface area contributed by atoms with Crippen LogP contribution in [-0.4, -0.2) is 5.78 Å². The van der Waals surface area contributed by atoms with Crippen LogP contribution in [0.3, 0.4) is 0 Å². The van der Waals surface area contributed by atoms with Crippen molar-refractivity contribution in [3.63, 3.8) is 0 Å². The largest absolute Gasteiger partial charge is 0.295 e. The molecule has 1 aliphatic rings. The maximum Gasteiger partial charge on any atom is 0.158 e. The first kappa shape index (κ1) is 12.4. The highest BCUT2D eigenvalue weighted by Gasteiger charge is 2.19. The Hall–Kier alpha value is -2.06. The van der Waals surface area contributed by atoms with Gasteiger partial charge in [-0.05, 0) is 41.5 Å². The van der Waals surface area contributed by atoms with E-state index in [9.17, 15) is 4.79 Å². The van der Waals surface area contributed by atoms with E-state index in [2.05, 4.69) is 16.9 Å². The van der Waals surface area contributed by atoms with Gasteiger partial charge in [-0.25, -0.2) is 0 Å². The standard InChI is InChI=1S/C14H15N3O/c1-10-2-7-14(18)12(8-10)9-11-3-5-13(6-4-11)16-17-15/h3-6,9-10H,2,7-8H2,1H3. The summed E-state index contributed by atoms with van der Waals surface area (Å²) in [4.78, 5) is 14.5. The number of azide groups is 1. The summed E-state index contributed by atoms with van der Waals surface area (Å²) in [5, 5.41) is 3.51. The third kappa shape index (κ3) is 2.99. The van der Waals surface area contributed by atoms with E-state index in [0.717, 1.165) is 24.0 Å². The Labute approximate surface area is 106 Å². The molecule has 1 aliphatic carbocycles. The number of hydrogen-bond donors (Lipinski definition) is 0. The van der Waals surface area contributed by atoms with Gasteiger partial charge in [-0.1, -0.05) is 36.3 Å². The van der Waals surface area contributed by atoms with Crippen molar-refractivity contribution in [3.05, 3.63) is 45.8 Å². The van der Waals surface area contributed by atoms with Crippen molar-refractivity contribution < 1.29 is 4.79 Å². The maximum atomic E-state index is 11.8. The molecule has 4 nitrogen and oxygen atoms in total. The van der Waals surface area contributed by atoms with Crippen molar-refractivity contribution >= 4 is 17.5 Å². The van der Waals surface area contributed by atoms with Crippen LogP contribution in [0.2, 0.25) is 0 Å². The van der Waals surface area contributed by atoms with Crippen LogP contribution in [0.4, 0.5) is 5.69 Å². The third-order valence-electron chi connectivity index (χ3n) is 3.18. The fourth-order valence-electron chi connectivity index (χ4n) is 2.16. The van der Waals surface area contributed by atoms with Crippen molar-refractivity contribution in [2.45, 2.75) is 26.2 Å². The number of ketones is 1. The molecule has 0 N–H and O–H groups in total. The first-order chi connectivity index (χ1) is 8.69. The Balaban J connectivity index is 2.21. The number of carbonyl (C=O) groups is 1. The average molecular weight is 241 g/mol. The second kappa shape index (κ2) is 5.52. The Morgan fingerprint density at radius 2 is 2.11 bits per heavy atom. The van der Waals surface area contributed by atoms with Gasteiger partial charge in [0.15, 0.2) is 5.78 Å². The molecule has 0 aromatic heterocycles. The molecule has 0 spiro atoms. The minimum Gasteiger partial charge on any atom is -0.295 e. The summed E-state index contributed by atoms with van der Waals surface area (Å²) >= 11 is 0. The molecule has 1 fully saturated rings. The van der Waals surface area contributed by atoms with Gasteiger partial charge in [0.2, 0.25) is 0 Å². The molecule has 0 heterocycles. The van der Waals surface area contributed by atoms with Crippen LogP contribution in [0.5, 0.6) is 0 Å². The fraction of sp³-hybridized carbons (Fsp3) is 0.357. The number of nitrogens with zero attached hydrogens (tertiary/aromatic N) is 3. The number of allylic oxidation sites excluding steroid dienone is 1. The summed E-state index contributed by atoms with van der Waals surface area (Å²) in [5.74, 6) is 0.837. The quantitative estimate of drug-likeness (QED) is 0.327. The van der Waals surface area contributed by atoms with E-state index in [1.807, 2.05) is 18.2 Å². The Kier molecular flexibility index (Phi) is 3.80. The van der Waals surface area contributed by atoms with Crippen molar-refractivity contribution in [1.29, 1.82) is 0 Å². The zero-order valence-corrected chi connectivity index (χ0v) is 10.3. The van der Waals surface area contributed by atoms with Crippen LogP contribution < -0.4 is 0 Å². The molecule has 1 unspecified atom stereocenters. The minimum atomic E-state index is 0.257. The predicted molar refractivity (Wildman–Crippen MR) is 71.2 cm³/mol. The van der Waals surface area contributed by atoms with Gasteiger partial charge in [0.1, 0.15) is 0 Å². The van der Waals surface area contributed by atoms with Crippen molar-refractivity contribution in [1.82, 2.24) is 0 Å². The van der Waals surface area contributed by atoms with Gasteiger partial charge in [0, 0.05) is 17.0 Å². The van der Waals surface area contributed by atoms with E-state index < -0.39 is 0 Å². The fourth-order valence-corrected chi connectivity index (χ4v) is 2.16. The SMILES string of the molecule is CC1CCC(=O)C(=Cc2ccc(N=[N+]=[N-])cc2)C1. The van der Waals surface area contributed by atoms with E-state index in [-0.39, 0.29) is 5.78 Å². The van der Waals surface area contributed by atoms with Crippen LogP contribution in [0.1, 0.15) is 31.7 Å². The average Bonchev–Trinajstić information content (AvgIpc) is 2.37. The molecule has 1 aromatic rings. The normalized spacial score (nSPS) is 21.7. The first-order valence-electron chi connectivity index (χ1n) is 6.08.